The van der Waals surface area contributed by atoms with Gasteiger partial charge in [0.15, 0.2) is 12.6 Å². The van der Waals surface area contributed by atoms with Crippen LogP contribution in [0.3, 0.4) is 0 Å². The Bertz CT molecular complexity index is 1460. The standard InChI is InChI=1S/C42H72O16/c1-37(2,58-53)12-9-13-42(8,57-36-33(52)31(50)29(48)24(19-44)56-36)20-10-15-40(6)27(20)21(45)16-25-39(5)14-11-26(46)38(3,4)34(39)22(17-41(25,40)7)54-35-32(51)30(49)28(47)23(18-43)55-35/h9,12,20-36,43-53H,10-11,13-19H2,1-8H3. The van der Waals surface area contributed by atoms with Crippen LogP contribution < -0.4 is 0 Å². The van der Waals surface area contributed by atoms with Gasteiger partial charge in [-0.2, -0.15) is 0 Å². The van der Waals surface area contributed by atoms with Crippen molar-refractivity contribution in [3.05, 3.63) is 12.2 Å². The lowest BCUT2D eigenvalue weighted by Gasteiger charge is -2.72. The van der Waals surface area contributed by atoms with E-state index in [4.69, 9.17) is 18.9 Å². The largest absolute Gasteiger partial charge is 0.394 e. The maximum absolute atomic E-state index is 12.6. The molecule has 336 valence electrons. The minimum absolute atomic E-state index is 0.0542. The van der Waals surface area contributed by atoms with E-state index in [0.717, 1.165) is 0 Å². The summed E-state index contributed by atoms with van der Waals surface area (Å²) in [5.41, 5.74) is -4.53. The molecule has 0 aromatic carbocycles. The molecule has 2 heterocycles. The van der Waals surface area contributed by atoms with E-state index in [1.165, 1.54) is 0 Å². The Morgan fingerprint density at radius 2 is 1.29 bits per heavy atom. The van der Waals surface area contributed by atoms with E-state index < -0.39 is 132 Å². The van der Waals surface area contributed by atoms with Gasteiger partial charge in [0.2, 0.25) is 0 Å². The van der Waals surface area contributed by atoms with Crippen LogP contribution in [0.15, 0.2) is 12.2 Å². The summed E-state index contributed by atoms with van der Waals surface area (Å²) in [6, 6.07) is 0. The molecule has 0 spiro atoms. The first kappa shape index (κ1) is 46.6. The molecule has 58 heavy (non-hydrogen) atoms. The second-order valence-corrected chi connectivity index (χ2v) is 20.7. The highest BCUT2D eigenvalue weighted by Crippen LogP contribution is 2.76. The molecule has 6 rings (SSSR count). The van der Waals surface area contributed by atoms with Gasteiger partial charge in [-0.15, -0.1) is 0 Å². The van der Waals surface area contributed by atoms with Crippen LogP contribution in [0.5, 0.6) is 0 Å². The summed E-state index contributed by atoms with van der Waals surface area (Å²) in [6.45, 7) is 14.6. The maximum Gasteiger partial charge on any atom is 0.187 e. The number of fused-ring (bicyclic) bond motifs is 5. The van der Waals surface area contributed by atoms with Gasteiger partial charge in [-0.1, -0.05) is 46.8 Å². The van der Waals surface area contributed by atoms with Crippen LogP contribution in [-0.4, -0.2) is 160 Å². The van der Waals surface area contributed by atoms with Crippen molar-refractivity contribution in [1.29, 1.82) is 0 Å². The maximum atomic E-state index is 12.6. The van der Waals surface area contributed by atoms with Crippen molar-refractivity contribution in [3.8, 4) is 0 Å². The van der Waals surface area contributed by atoms with Crippen LogP contribution in [0.2, 0.25) is 0 Å². The van der Waals surface area contributed by atoms with E-state index in [0.29, 0.717) is 38.5 Å². The van der Waals surface area contributed by atoms with Crippen LogP contribution in [0.4, 0.5) is 0 Å². The lowest BCUT2D eigenvalue weighted by Crippen LogP contribution is -2.71. The minimum Gasteiger partial charge on any atom is -0.394 e. The number of hydrogen-bond donors (Lipinski definition) is 11. The zero-order chi connectivity index (χ0) is 43.1. The van der Waals surface area contributed by atoms with Gasteiger partial charge >= 0.3 is 0 Å². The monoisotopic (exact) mass is 832 g/mol. The third-order valence-corrected chi connectivity index (χ3v) is 16.7. The van der Waals surface area contributed by atoms with E-state index in [9.17, 15) is 56.3 Å². The first-order valence-corrected chi connectivity index (χ1v) is 21.2. The fraction of sp³-hybridized carbons (Fsp3) is 0.952. The number of aliphatic hydroxyl groups is 10. The van der Waals surface area contributed by atoms with Gasteiger partial charge in [-0.25, -0.2) is 4.89 Å². The Labute approximate surface area is 341 Å². The van der Waals surface area contributed by atoms with Gasteiger partial charge in [-0.05, 0) is 111 Å². The molecular formula is C42H72O16. The zero-order valence-corrected chi connectivity index (χ0v) is 35.3. The fourth-order valence-electron chi connectivity index (χ4n) is 13.4. The molecule has 6 aliphatic rings. The molecule has 4 aliphatic carbocycles. The van der Waals surface area contributed by atoms with E-state index in [1.807, 2.05) is 20.8 Å². The van der Waals surface area contributed by atoms with Gasteiger partial charge in [0, 0.05) is 0 Å². The van der Waals surface area contributed by atoms with Gasteiger partial charge in [-0.3, -0.25) is 5.26 Å². The molecule has 2 aliphatic heterocycles. The van der Waals surface area contributed by atoms with Gasteiger partial charge in [0.1, 0.15) is 54.4 Å². The molecule has 0 bridgehead atoms. The lowest BCUT2D eigenvalue weighted by atomic mass is 9.34. The zero-order valence-electron chi connectivity index (χ0n) is 35.3. The quantitative estimate of drug-likeness (QED) is 0.0589. The van der Waals surface area contributed by atoms with E-state index in [2.05, 4.69) is 25.7 Å². The smallest absolute Gasteiger partial charge is 0.187 e. The summed E-state index contributed by atoms with van der Waals surface area (Å²) in [4.78, 5) is 4.65. The highest BCUT2D eigenvalue weighted by atomic mass is 17.1. The van der Waals surface area contributed by atoms with Crippen LogP contribution in [-0.2, 0) is 23.8 Å². The second-order valence-electron chi connectivity index (χ2n) is 20.7. The molecule has 6 fully saturated rings. The third-order valence-electron chi connectivity index (χ3n) is 16.7. The predicted molar refractivity (Wildman–Crippen MR) is 205 cm³/mol. The molecule has 11 N–H and O–H groups in total. The Morgan fingerprint density at radius 3 is 1.86 bits per heavy atom. The Balaban J connectivity index is 1.40. The van der Waals surface area contributed by atoms with E-state index in [-0.39, 0.29) is 24.2 Å². The summed E-state index contributed by atoms with van der Waals surface area (Å²) in [7, 11) is 0. The summed E-state index contributed by atoms with van der Waals surface area (Å²) in [5.74, 6) is -1.11. The Morgan fingerprint density at radius 1 is 0.724 bits per heavy atom. The Hall–Kier alpha value is -0.900. The van der Waals surface area contributed by atoms with Gasteiger partial charge < -0.3 is 70.0 Å². The molecule has 2 saturated heterocycles. The third kappa shape index (κ3) is 7.45. The molecule has 0 radical (unpaired) electrons. The second kappa shape index (κ2) is 16.3. The molecule has 4 saturated carbocycles. The van der Waals surface area contributed by atoms with Crippen LogP contribution in [0.1, 0.15) is 100 Å². The van der Waals surface area contributed by atoms with Crippen molar-refractivity contribution in [2.24, 2.45) is 45.3 Å². The summed E-state index contributed by atoms with van der Waals surface area (Å²) in [6.07, 6.45) is -10.1. The molecule has 0 aromatic rings. The normalized spacial score (nSPS) is 51.8. The Kier molecular flexibility index (Phi) is 13.1. The van der Waals surface area contributed by atoms with Crippen LogP contribution >= 0.6 is 0 Å². The van der Waals surface area contributed by atoms with Crippen molar-refractivity contribution < 1.29 is 80.2 Å². The molecule has 21 unspecified atom stereocenters. The van der Waals surface area contributed by atoms with Crippen LogP contribution in [0.25, 0.3) is 0 Å². The van der Waals surface area contributed by atoms with Crippen LogP contribution in [0, 0.1) is 45.3 Å². The predicted octanol–water partition coefficient (Wildman–Crippen LogP) is 0.588. The average molecular weight is 833 g/mol. The van der Waals surface area contributed by atoms with E-state index in [1.54, 1.807) is 26.0 Å². The van der Waals surface area contributed by atoms with Gasteiger partial charge in [0.05, 0.1) is 37.1 Å². The van der Waals surface area contributed by atoms with Crippen molar-refractivity contribution in [3.63, 3.8) is 0 Å². The van der Waals surface area contributed by atoms with Crippen molar-refractivity contribution in [1.82, 2.24) is 0 Å². The van der Waals surface area contributed by atoms with Gasteiger partial charge in [0.25, 0.3) is 0 Å². The number of hydrogen-bond acceptors (Lipinski definition) is 16. The molecule has 0 aromatic heterocycles. The first-order chi connectivity index (χ1) is 26.9. The summed E-state index contributed by atoms with van der Waals surface area (Å²) < 4.78 is 25.3. The summed E-state index contributed by atoms with van der Waals surface area (Å²) >= 11 is 0. The van der Waals surface area contributed by atoms with Crippen molar-refractivity contribution in [2.75, 3.05) is 13.2 Å². The fourth-order valence-corrected chi connectivity index (χ4v) is 13.4. The highest BCUT2D eigenvalue weighted by molar-refractivity contribution is 5.22. The van der Waals surface area contributed by atoms with Crippen molar-refractivity contribution >= 4 is 0 Å². The first-order valence-electron chi connectivity index (χ1n) is 21.2. The molecule has 21 atom stereocenters. The molecule has 16 heteroatoms. The SMILES string of the molecule is CC(C)(C=CCC(C)(OC1OC(CO)C(O)C(O)C1O)C1CCC2(C)C1C(O)CC1C3(C)CCC(O)C(C)(C)C3C(OC3OC(CO)C(O)C(O)C3O)CC12C)OO. The molecule has 0 amide bonds. The van der Waals surface area contributed by atoms with E-state index >= 15 is 0 Å². The van der Waals surface area contributed by atoms with Crippen molar-refractivity contribution in [2.45, 2.75) is 191 Å². The number of ether oxygens (including phenoxy) is 4. The molecule has 16 nitrogen and oxygen atoms in total. The summed E-state index contributed by atoms with van der Waals surface area (Å²) in [5, 5.41) is 118. The minimum atomic E-state index is -1.67. The average Bonchev–Trinajstić information content (AvgIpc) is 3.55. The topological polar surface area (TPSA) is 269 Å². The molecular weight excluding hydrogens is 760 g/mol. The lowest BCUT2D eigenvalue weighted by molar-refractivity contribution is -0.349. The highest BCUT2D eigenvalue weighted by Gasteiger charge is 2.74. The number of rotatable bonds is 11. The number of aliphatic hydroxyl groups excluding tert-OH is 10.